The van der Waals surface area contributed by atoms with Crippen molar-refractivity contribution < 1.29 is 0 Å². The lowest BCUT2D eigenvalue weighted by atomic mass is 10.3. The van der Waals surface area contributed by atoms with Crippen LogP contribution in [0.25, 0.3) is 0 Å². The summed E-state index contributed by atoms with van der Waals surface area (Å²) in [5.74, 6) is 2.04. The molecule has 3 rings (SSSR count). The van der Waals surface area contributed by atoms with Crippen molar-refractivity contribution in [3.8, 4) is 0 Å². The molecule has 0 aliphatic carbocycles. The topological polar surface area (TPSA) is 66.0 Å². The number of hydrogen-bond acceptors (Lipinski definition) is 7. The van der Waals surface area contributed by atoms with Gasteiger partial charge in [0.25, 0.3) is 0 Å². The van der Waals surface area contributed by atoms with E-state index >= 15 is 0 Å². The molecule has 1 aliphatic heterocycles. The Kier molecular flexibility index (Phi) is 4.49. The molecule has 1 fully saturated rings. The summed E-state index contributed by atoms with van der Waals surface area (Å²) in [6.45, 7) is 5.63. The minimum absolute atomic E-state index is 0.633. The summed E-state index contributed by atoms with van der Waals surface area (Å²) >= 11 is 1.70. The van der Waals surface area contributed by atoms with Gasteiger partial charge >= 0.3 is 0 Å². The quantitative estimate of drug-likeness (QED) is 0.855. The van der Waals surface area contributed by atoms with Gasteiger partial charge in [-0.3, -0.25) is 0 Å². The van der Waals surface area contributed by atoms with E-state index in [4.69, 9.17) is 0 Å². The van der Waals surface area contributed by atoms with Gasteiger partial charge in [-0.25, -0.2) is 0 Å². The smallest absolute Gasteiger partial charge is 0.231 e. The number of thiophene rings is 1. The fraction of sp³-hybridized carbons (Fsp3) is 0.500. The second-order valence-electron chi connectivity index (χ2n) is 4.99. The van der Waals surface area contributed by atoms with Crippen molar-refractivity contribution >= 4 is 29.2 Å². The van der Waals surface area contributed by atoms with E-state index in [1.165, 1.54) is 18.4 Å². The summed E-state index contributed by atoms with van der Waals surface area (Å²) in [6.07, 6.45) is 2.42. The van der Waals surface area contributed by atoms with Crippen molar-refractivity contribution in [2.45, 2.75) is 26.3 Å². The van der Waals surface area contributed by atoms with E-state index in [0.717, 1.165) is 32.1 Å². The van der Waals surface area contributed by atoms with Crippen LogP contribution in [0.4, 0.5) is 17.8 Å². The zero-order valence-electron chi connectivity index (χ0n) is 12.2. The molecule has 0 aromatic carbocycles. The van der Waals surface area contributed by atoms with Gasteiger partial charge in [0.1, 0.15) is 0 Å². The van der Waals surface area contributed by atoms with Gasteiger partial charge in [0.15, 0.2) is 0 Å². The molecule has 1 saturated heterocycles. The van der Waals surface area contributed by atoms with Crippen LogP contribution in [-0.4, -0.2) is 34.6 Å². The number of hydrogen-bond donors (Lipinski definition) is 2. The third-order valence-electron chi connectivity index (χ3n) is 3.38. The monoisotopic (exact) mass is 304 g/mol. The highest BCUT2D eigenvalue weighted by atomic mass is 32.1. The zero-order chi connectivity index (χ0) is 14.5. The average Bonchev–Trinajstić information content (AvgIpc) is 3.19. The number of aromatic nitrogens is 3. The third kappa shape index (κ3) is 3.60. The normalized spacial score (nSPS) is 14.4. The number of rotatable bonds is 6. The largest absolute Gasteiger partial charge is 0.354 e. The van der Waals surface area contributed by atoms with Crippen LogP contribution in [0.3, 0.4) is 0 Å². The van der Waals surface area contributed by atoms with Crippen LogP contribution in [-0.2, 0) is 6.54 Å². The average molecular weight is 304 g/mol. The lowest BCUT2D eigenvalue weighted by molar-refractivity contribution is 0.875. The van der Waals surface area contributed by atoms with Crippen LogP contribution in [0.5, 0.6) is 0 Å². The molecule has 7 heteroatoms. The summed E-state index contributed by atoms with van der Waals surface area (Å²) in [7, 11) is 0. The maximum Gasteiger partial charge on any atom is 0.231 e. The van der Waals surface area contributed by atoms with Gasteiger partial charge in [0.05, 0.1) is 0 Å². The SMILES string of the molecule is CCNc1nc(NCc2ccsc2)nc(N2CCCC2)n1. The maximum atomic E-state index is 4.55. The Morgan fingerprint density at radius 1 is 1.14 bits per heavy atom. The lowest BCUT2D eigenvalue weighted by Gasteiger charge is -2.17. The molecule has 0 amide bonds. The van der Waals surface area contributed by atoms with E-state index < -0.39 is 0 Å². The third-order valence-corrected chi connectivity index (χ3v) is 4.11. The second-order valence-corrected chi connectivity index (χ2v) is 5.77. The summed E-state index contributed by atoms with van der Waals surface area (Å²) in [6, 6.07) is 2.10. The van der Waals surface area contributed by atoms with Crippen LogP contribution in [0, 0.1) is 0 Å². The molecule has 0 saturated carbocycles. The second kappa shape index (κ2) is 6.71. The molecule has 0 unspecified atom stereocenters. The fourth-order valence-corrected chi connectivity index (χ4v) is 2.98. The van der Waals surface area contributed by atoms with Crippen LogP contribution in [0.15, 0.2) is 16.8 Å². The Morgan fingerprint density at radius 3 is 2.57 bits per heavy atom. The van der Waals surface area contributed by atoms with Gasteiger partial charge < -0.3 is 15.5 Å². The Bertz CT molecular complexity index is 565. The molecule has 0 spiro atoms. The van der Waals surface area contributed by atoms with Gasteiger partial charge in [0.2, 0.25) is 17.8 Å². The van der Waals surface area contributed by atoms with E-state index in [1.54, 1.807) is 11.3 Å². The van der Waals surface area contributed by atoms with Crippen LogP contribution in [0.1, 0.15) is 25.3 Å². The molecular formula is C14H20N6S. The number of nitrogens with one attached hydrogen (secondary N) is 2. The standard InChI is InChI=1S/C14H20N6S/c1-2-15-12-17-13(16-9-11-5-8-21-10-11)19-14(18-12)20-6-3-4-7-20/h5,8,10H,2-4,6-7,9H2,1H3,(H2,15,16,17,18,19). The molecule has 6 nitrogen and oxygen atoms in total. The summed E-state index contributed by atoms with van der Waals surface area (Å²) < 4.78 is 0. The van der Waals surface area contributed by atoms with Gasteiger partial charge in [-0.15, -0.1) is 0 Å². The number of nitrogens with zero attached hydrogens (tertiary/aromatic N) is 4. The van der Waals surface area contributed by atoms with Crippen LogP contribution < -0.4 is 15.5 Å². The zero-order valence-corrected chi connectivity index (χ0v) is 13.0. The molecule has 0 radical (unpaired) electrons. The minimum atomic E-state index is 0.633. The molecule has 0 bridgehead atoms. The molecule has 2 N–H and O–H groups in total. The Morgan fingerprint density at radius 2 is 1.90 bits per heavy atom. The molecule has 2 aromatic heterocycles. The van der Waals surface area contributed by atoms with Crippen molar-refractivity contribution in [2.24, 2.45) is 0 Å². The van der Waals surface area contributed by atoms with Crippen LogP contribution in [0.2, 0.25) is 0 Å². The molecule has 21 heavy (non-hydrogen) atoms. The van der Waals surface area contributed by atoms with E-state index in [0.29, 0.717) is 11.9 Å². The van der Waals surface area contributed by atoms with E-state index in [2.05, 4.69) is 47.3 Å². The van der Waals surface area contributed by atoms with Crippen molar-refractivity contribution in [3.05, 3.63) is 22.4 Å². The Hall–Kier alpha value is -1.89. The summed E-state index contributed by atoms with van der Waals surface area (Å²) in [4.78, 5) is 15.7. The first-order valence-electron chi connectivity index (χ1n) is 7.35. The molecule has 2 aromatic rings. The predicted molar refractivity (Wildman–Crippen MR) is 87.1 cm³/mol. The minimum Gasteiger partial charge on any atom is -0.354 e. The molecular weight excluding hydrogens is 284 g/mol. The summed E-state index contributed by atoms with van der Waals surface area (Å²) in [5, 5.41) is 10.7. The first-order valence-corrected chi connectivity index (χ1v) is 8.29. The molecule has 1 aliphatic rings. The van der Waals surface area contributed by atoms with Crippen LogP contribution >= 0.6 is 11.3 Å². The van der Waals surface area contributed by atoms with Crippen molar-refractivity contribution in [1.82, 2.24) is 15.0 Å². The van der Waals surface area contributed by atoms with Gasteiger partial charge in [-0.2, -0.15) is 26.3 Å². The predicted octanol–water partition coefficient (Wildman–Crippen LogP) is 2.58. The first-order chi connectivity index (χ1) is 10.3. The highest BCUT2D eigenvalue weighted by molar-refractivity contribution is 7.07. The fourth-order valence-electron chi connectivity index (χ4n) is 2.31. The van der Waals surface area contributed by atoms with Crippen molar-refractivity contribution in [1.29, 1.82) is 0 Å². The van der Waals surface area contributed by atoms with Crippen molar-refractivity contribution in [3.63, 3.8) is 0 Å². The highest BCUT2D eigenvalue weighted by Gasteiger charge is 2.17. The van der Waals surface area contributed by atoms with Crippen molar-refractivity contribution in [2.75, 3.05) is 35.2 Å². The van der Waals surface area contributed by atoms with E-state index in [9.17, 15) is 0 Å². The van der Waals surface area contributed by atoms with Gasteiger partial charge in [0, 0.05) is 26.2 Å². The highest BCUT2D eigenvalue weighted by Crippen LogP contribution is 2.19. The van der Waals surface area contributed by atoms with E-state index in [-0.39, 0.29) is 0 Å². The van der Waals surface area contributed by atoms with E-state index in [1.807, 2.05) is 6.92 Å². The lowest BCUT2D eigenvalue weighted by Crippen LogP contribution is -2.22. The Labute approximate surface area is 128 Å². The molecule has 3 heterocycles. The molecule has 0 atom stereocenters. The molecule has 112 valence electrons. The van der Waals surface area contributed by atoms with Gasteiger partial charge in [-0.1, -0.05) is 0 Å². The number of anilines is 3. The Balaban J connectivity index is 1.77. The van der Waals surface area contributed by atoms with Gasteiger partial charge in [-0.05, 0) is 42.2 Å². The maximum absolute atomic E-state index is 4.55. The first kappa shape index (κ1) is 14.1. The summed E-state index contributed by atoms with van der Waals surface area (Å²) in [5.41, 5.74) is 1.24.